The molecule has 1 atom stereocenters. The fraction of sp³-hybridized carbons (Fsp3) is 0.467. The predicted molar refractivity (Wildman–Crippen MR) is 78.9 cm³/mol. The molecule has 5 nitrogen and oxygen atoms in total. The summed E-state index contributed by atoms with van der Waals surface area (Å²) in [4.78, 5) is 19.1. The number of likely N-dealkylation sites (tertiary alicyclic amines) is 1. The summed E-state index contributed by atoms with van der Waals surface area (Å²) in [5, 5.41) is 3.30. The molecule has 0 aromatic carbocycles. The molecule has 2 aromatic heterocycles. The Kier molecular flexibility index (Phi) is 3.54. The first-order valence-corrected chi connectivity index (χ1v) is 7.04. The molecule has 0 amide bonds. The minimum atomic E-state index is -0.00179. The third-order valence-corrected chi connectivity index (χ3v) is 3.93. The fourth-order valence-corrected chi connectivity index (χ4v) is 2.78. The molecule has 1 fully saturated rings. The Morgan fingerprint density at radius 3 is 3.05 bits per heavy atom. The van der Waals surface area contributed by atoms with Crippen molar-refractivity contribution in [2.24, 2.45) is 0 Å². The average Bonchev–Trinajstić information content (AvgIpc) is 2.87. The molecule has 0 bridgehead atoms. The molecule has 0 radical (unpaired) electrons. The Balaban J connectivity index is 1.86. The van der Waals surface area contributed by atoms with Crippen molar-refractivity contribution in [2.45, 2.75) is 25.9 Å². The summed E-state index contributed by atoms with van der Waals surface area (Å²) < 4.78 is 1.61. The largest absolute Gasteiger partial charge is 0.316 e. The first-order valence-electron chi connectivity index (χ1n) is 7.04. The highest BCUT2D eigenvalue weighted by Crippen LogP contribution is 2.12. The van der Waals surface area contributed by atoms with Crippen LogP contribution in [0, 0.1) is 6.92 Å². The van der Waals surface area contributed by atoms with Gasteiger partial charge in [0.05, 0.1) is 5.69 Å². The highest BCUT2D eigenvalue weighted by Gasteiger charge is 2.21. The van der Waals surface area contributed by atoms with Gasteiger partial charge in [0.2, 0.25) is 0 Å². The molecule has 3 heterocycles. The Bertz CT molecular complexity index is 679. The van der Waals surface area contributed by atoms with E-state index in [0.29, 0.717) is 6.04 Å². The van der Waals surface area contributed by atoms with Crippen LogP contribution in [0.1, 0.15) is 17.7 Å². The van der Waals surface area contributed by atoms with Gasteiger partial charge >= 0.3 is 0 Å². The predicted octanol–water partition coefficient (Wildman–Crippen LogP) is 0.797. The molecule has 1 saturated heterocycles. The number of nitrogens with zero attached hydrogens (tertiary/aromatic N) is 3. The molecule has 5 heteroatoms. The van der Waals surface area contributed by atoms with Gasteiger partial charge in [0.15, 0.2) is 0 Å². The number of fused-ring (bicyclic) bond motifs is 1. The van der Waals surface area contributed by atoms with Crippen LogP contribution in [0.3, 0.4) is 0 Å². The molecule has 20 heavy (non-hydrogen) atoms. The van der Waals surface area contributed by atoms with Gasteiger partial charge in [-0.3, -0.25) is 14.1 Å². The average molecular weight is 272 g/mol. The number of pyridine rings is 1. The van der Waals surface area contributed by atoms with Gasteiger partial charge in [-0.25, -0.2) is 4.98 Å². The Morgan fingerprint density at radius 2 is 2.30 bits per heavy atom. The Hall–Kier alpha value is -1.72. The van der Waals surface area contributed by atoms with E-state index in [2.05, 4.69) is 15.2 Å². The molecule has 1 unspecified atom stereocenters. The van der Waals surface area contributed by atoms with Crippen LogP contribution in [-0.2, 0) is 6.54 Å². The van der Waals surface area contributed by atoms with Crippen LogP contribution in [0.5, 0.6) is 0 Å². The molecule has 3 rings (SSSR count). The fourth-order valence-electron chi connectivity index (χ4n) is 2.78. The summed E-state index contributed by atoms with van der Waals surface area (Å²) in [5.74, 6) is 0. The normalized spacial score (nSPS) is 19.8. The lowest BCUT2D eigenvalue weighted by Gasteiger charge is -2.15. The number of nitrogens with one attached hydrogen (secondary N) is 1. The standard InChI is InChI=1S/C15H20N4O/c1-11-3-4-14-17-13(7-15(20)19(14)8-11)10-18-6-5-12(9-18)16-2/h3-4,7-8,12,16H,5-6,9-10H2,1-2H3. The second-order valence-corrected chi connectivity index (χ2v) is 5.53. The highest BCUT2D eigenvalue weighted by atomic mass is 16.1. The third-order valence-electron chi connectivity index (χ3n) is 3.93. The van der Waals surface area contributed by atoms with E-state index in [0.717, 1.165) is 43.0 Å². The SMILES string of the molecule is CNC1CCN(Cc2cc(=O)n3cc(C)ccc3n2)C1. The summed E-state index contributed by atoms with van der Waals surface area (Å²) in [6.45, 7) is 4.80. The molecule has 1 N–H and O–H groups in total. The zero-order chi connectivity index (χ0) is 14.1. The van der Waals surface area contributed by atoms with Crippen molar-refractivity contribution in [3.05, 3.63) is 46.0 Å². The van der Waals surface area contributed by atoms with E-state index in [1.807, 2.05) is 32.3 Å². The zero-order valence-electron chi connectivity index (χ0n) is 12.0. The van der Waals surface area contributed by atoms with Crippen molar-refractivity contribution in [1.29, 1.82) is 0 Å². The van der Waals surface area contributed by atoms with Gasteiger partial charge in [-0.05, 0) is 32.0 Å². The number of rotatable bonds is 3. The highest BCUT2D eigenvalue weighted by molar-refractivity contribution is 5.39. The lowest BCUT2D eigenvalue weighted by molar-refractivity contribution is 0.318. The van der Waals surface area contributed by atoms with Crippen LogP contribution in [0.2, 0.25) is 0 Å². The lowest BCUT2D eigenvalue weighted by atomic mass is 10.3. The van der Waals surface area contributed by atoms with E-state index in [9.17, 15) is 4.79 Å². The smallest absolute Gasteiger partial charge is 0.258 e. The van der Waals surface area contributed by atoms with Crippen molar-refractivity contribution in [3.63, 3.8) is 0 Å². The molecule has 0 saturated carbocycles. The second-order valence-electron chi connectivity index (χ2n) is 5.53. The van der Waals surface area contributed by atoms with Crippen LogP contribution in [0.15, 0.2) is 29.2 Å². The van der Waals surface area contributed by atoms with Gasteiger partial charge in [-0.1, -0.05) is 6.07 Å². The summed E-state index contributed by atoms with van der Waals surface area (Å²) >= 11 is 0. The minimum absolute atomic E-state index is 0.00179. The first-order chi connectivity index (χ1) is 9.65. The van der Waals surface area contributed by atoms with Crippen LogP contribution in [0.4, 0.5) is 0 Å². The molecule has 0 spiro atoms. The van der Waals surface area contributed by atoms with Crippen LogP contribution < -0.4 is 10.9 Å². The summed E-state index contributed by atoms with van der Waals surface area (Å²) in [7, 11) is 2.00. The maximum absolute atomic E-state index is 12.1. The first kappa shape index (κ1) is 13.3. The number of aromatic nitrogens is 2. The monoisotopic (exact) mass is 272 g/mol. The van der Waals surface area contributed by atoms with Gasteiger partial charge < -0.3 is 5.32 Å². The molecular formula is C15H20N4O. The van der Waals surface area contributed by atoms with E-state index < -0.39 is 0 Å². The molecule has 106 valence electrons. The summed E-state index contributed by atoms with van der Waals surface area (Å²) in [5.41, 5.74) is 2.64. The lowest BCUT2D eigenvalue weighted by Crippen LogP contribution is -2.30. The summed E-state index contributed by atoms with van der Waals surface area (Å²) in [6, 6.07) is 6.09. The van der Waals surface area contributed by atoms with E-state index in [4.69, 9.17) is 0 Å². The van der Waals surface area contributed by atoms with E-state index >= 15 is 0 Å². The third kappa shape index (κ3) is 2.59. The quantitative estimate of drug-likeness (QED) is 0.898. The Labute approximate surface area is 118 Å². The molecular weight excluding hydrogens is 252 g/mol. The van der Waals surface area contributed by atoms with Crippen LogP contribution in [0.25, 0.3) is 5.65 Å². The number of likely N-dealkylation sites (N-methyl/N-ethyl adjacent to an activating group) is 1. The van der Waals surface area contributed by atoms with E-state index in [1.54, 1.807) is 10.5 Å². The topological polar surface area (TPSA) is 49.6 Å². The molecule has 1 aliphatic rings. The zero-order valence-corrected chi connectivity index (χ0v) is 12.0. The van der Waals surface area contributed by atoms with Crippen molar-refractivity contribution in [3.8, 4) is 0 Å². The molecule has 0 aliphatic carbocycles. The maximum atomic E-state index is 12.1. The van der Waals surface area contributed by atoms with Crippen LogP contribution in [-0.4, -0.2) is 40.5 Å². The number of aryl methyl sites for hydroxylation is 1. The number of hydrogen-bond acceptors (Lipinski definition) is 4. The number of hydrogen-bond donors (Lipinski definition) is 1. The van der Waals surface area contributed by atoms with Crippen molar-refractivity contribution >= 4 is 5.65 Å². The second kappa shape index (κ2) is 5.34. The van der Waals surface area contributed by atoms with Gasteiger partial charge in [0.25, 0.3) is 5.56 Å². The van der Waals surface area contributed by atoms with Crippen LogP contribution >= 0.6 is 0 Å². The minimum Gasteiger partial charge on any atom is -0.316 e. The van der Waals surface area contributed by atoms with E-state index in [1.165, 1.54) is 0 Å². The molecule has 2 aromatic rings. The van der Waals surface area contributed by atoms with E-state index in [-0.39, 0.29) is 5.56 Å². The Morgan fingerprint density at radius 1 is 1.45 bits per heavy atom. The van der Waals surface area contributed by atoms with Crippen molar-refractivity contribution in [2.75, 3.05) is 20.1 Å². The van der Waals surface area contributed by atoms with Crippen molar-refractivity contribution in [1.82, 2.24) is 19.6 Å². The summed E-state index contributed by atoms with van der Waals surface area (Å²) in [6.07, 6.45) is 2.99. The van der Waals surface area contributed by atoms with Crippen molar-refractivity contribution < 1.29 is 0 Å². The van der Waals surface area contributed by atoms with Gasteiger partial charge in [0.1, 0.15) is 5.65 Å². The van der Waals surface area contributed by atoms with Gasteiger partial charge in [-0.2, -0.15) is 0 Å². The van der Waals surface area contributed by atoms with Gasteiger partial charge in [0, 0.05) is 37.9 Å². The molecule has 1 aliphatic heterocycles. The van der Waals surface area contributed by atoms with Gasteiger partial charge in [-0.15, -0.1) is 0 Å². The maximum Gasteiger partial charge on any atom is 0.258 e.